The van der Waals surface area contributed by atoms with Crippen LogP contribution in [0.3, 0.4) is 0 Å². The summed E-state index contributed by atoms with van der Waals surface area (Å²) in [5.41, 5.74) is 2.48. The predicted octanol–water partition coefficient (Wildman–Crippen LogP) is 2.88. The van der Waals surface area contributed by atoms with Crippen LogP contribution in [0.5, 0.6) is 5.19 Å². The third kappa shape index (κ3) is 2.98. The molecule has 0 aliphatic rings. The van der Waals surface area contributed by atoms with Gasteiger partial charge in [0.25, 0.3) is 5.19 Å². The largest absolute Gasteiger partial charge is 0.472 e. The van der Waals surface area contributed by atoms with Crippen LogP contribution >= 0.6 is 11.3 Å². The zero-order valence-corrected chi connectivity index (χ0v) is 11.7. The van der Waals surface area contributed by atoms with Gasteiger partial charge in [-0.3, -0.25) is 0 Å². The van der Waals surface area contributed by atoms with Gasteiger partial charge in [0.15, 0.2) is 0 Å². The van der Waals surface area contributed by atoms with Gasteiger partial charge >= 0.3 is 0 Å². The summed E-state index contributed by atoms with van der Waals surface area (Å²) >= 11 is 1.49. The first-order chi connectivity index (χ1) is 8.72. The van der Waals surface area contributed by atoms with Gasteiger partial charge in [0.05, 0.1) is 13.7 Å². The first kappa shape index (κ1) is 12.8. The Hall–Kier alpha value is -1.62. The van der Waals surface area contributed by atoms with E-state index in [1.807, 2.05) is 0 Å². The summed E-state index contributed by atoms with van der Waals surface area (Å²) in [7, 11) is 1.61. The van der Waals surface area contributed by atoms with Gasteiger partial charge < -0.3 is 9.64 Å². The highest BCUT2D eigenvalue weighted by atomic mass is 32.1. The molecule has 5 heteroatoms. The van der Waals surface area contributed by atoms with Crippen LogP contribution in [0.15, 0.2) is 24.3 Å². The Balaban J connectivity index is 2.11. The molecule has 1 aromatic heterocycles. The van der Waals surface area contributed by atoms with E-state index in [-0.39, 0.29) is 0 Å². The molecule has 0 spiro atoms. The van der Waals surface area contributed by atoms with E-state index in [0.717, 1.165) is 18.1 Å². The molecule has 1 heterocycles. The normalized spacial score (nSPS) is 10.4. The first-order valence-corrected chi connectivity index (χ1v) is 6.72. The van der Waals surface area contributed by atoms with Crippen molar-refractivity contribution in [2.75, 3.05) is 18.6 Å². The SMILES string of the molecule is CCN(Cc1nnc(OC)s1)c1ccc(C)cc1. The molecule has 0 saturated heterocycles. The fraction of sp³-hybridized carbons (Fsp3) is 0.385. The molecule has 0 aliphatic carbocycles. The van der Waals surface area contributed by atoms with Crippen LogP contribution in [0.2, 0.25) is 0 Å². The second kappa shape index (κ2) is 5.82. The van der Waals surface area contributed by atoms with Crippen molar-refractivity contribution in [3.8, 4) is 5.19 Å². The molecule has 2 rings (SSSR count). The van der Waals surface area contributed by atoms with Gasteiger partial charge in [0, 0.05) is 12.2 Å². The number of benzene rings is 1. The van der Waals surface area contributed by atoms with Gasteiger partial charge in [-0.2, -0.15) is 0 Å². The summed E-state index contributed by atoms with van der Waals surface area (Å²) in [4.78, 5) is 2.26. The highest BCUT2D eigenvalue weighted by molar-refractivity contribution is 7.13. The van der Waals surface area contributed by atoms with E-state index >= 15 is 0 Å². The number of nitrogens with zero attached hydrogens (tertiary/aromatic N) is 3. The van der Waals surface area contributed by atoms with E-state index in [2.05, 4.69) is 53.2 Å². The van der Waals surface area contributed by atoms with Crippen LogP contribution in [-0.4, -0.2) is 23.9 Å². The molecular formula is C13H17N3OS. The smallest absolute Gasteiger partial charge is 0.293 e. The summed E-state index contributed by atoms with van der Waals surface area (Å²) in [6.07, 6.45) is 0. The van der Waals surface area contributed by atoms with Crippen molar-refractivity contribution in [1.82, 2.24) is 10.2 Å². The third-order valence-electron chi connectivity index (χ3n) is 2.73. The van der Waals surface area contributed by atoms with E-state index in [0.29, 0.717) is 5.19 Å². The van der Waals surface area contributed by atoms with Crippen molar-refractivity contribution >= 4 is 17.0 Å². The molecule has 0 saturated carbocycles. The van der Waals surface area contributed by atoms with E-state index in [4.69, 9.17) is 4.74 Å². The fourth-order valence-electron chi connectivity index (χ4n) is 1.69. The van der Waals surface area contributed by atoms with Crippen molar-refractivity contribution in [2.45, 2.75) is 20.4 Å². The fourth-order valence-corrected chi connectivity index (χ4v) is 2.36. The number of hydrogen-bond donors (Lipinski definition) is 0. The highest BCUT2D eigenvalue weighted by Crippen LogP contribution is 2.22. The second-order valence-electron chi connectivity index (χ2n) is 4.02. The molecule has 0 amide bonds. The van der Waals surface area contributed by atoms with Crippen LogP contribution in [-0.2, 0) is 6.54 Å². The van der Waals surface area contributed by atoms with E-state index < -0.39 is 0 Å². The molecule has 96 valence electrons. The Morgan fingerprint density at radius 1 is 1.22 bits per heavy atom. The van der Waals surface area contributed by atoms with Crippen molar-refractivity contribution in [3.63, 3.8) is 0 Å². The number of aryl methyl sites for hydroxylation is 1. The first-order valence-electron chi connectivity index (χ1n) is 5.91. The Labute approximate surface area is 111 Å². The molecule has 0 N–H and O–H groups in total. The topological polar surface area (TPSA) is 38.2 Å². The van der Waals surface area contributed by atoms with Gasteiger partial charge in [0.2, 0.25) is 0 Å². The summed E-state index contributed by atoms with van der Waals surface area (Å²) in [5.74, 6) is 0. The predicted molar refractivity (Wildman–Crippen MR) is 74.4 cm³/mol. The molecule has 1 aromatic carbocycles. The van der Waals surface area contributed by atoms with Crippen molar-refractivity contribution in [1.29, 1.82) is 0 Å². The molecular weight excluding hydrogens is 246 g/mol. The Bertz CT molecular complexity index is 495. The highest BCUT2D eigenvalue weighted by Gasteiger charge is 2.09. The van der Waals surface area contributed by atoms with Gasteiger partial charge in [-0.05, 0) is 26.0 Å². The minimum absolute atomic E-state index is 0.616. The molecule has 0 bridgehead atoms. The second-order valence-corrected chi connectivity index (χ2v) is 5.04. The number of rotatable bonds is 5. The van der Waals surface area contributed by atoms with Crippen LogP contribution < -0.4 is 9.64 Å². The summed E-state index contributed by atoms with van der Waals surface area (Å²) in [6.45, 7) is 5.93. The maximum absolute atomic E-state index is 5.06. The van der Waals surface area contributed by atoms with Crippen molar-refractivity contribution in [2.24, 2.45) is 0 Å². The van der Waals surface area contributed by atoms with Crippen molar-refractivity contribution in [3.05, 3.63) is 34.8 Å². The summed E-state index contributed by atoms with van der Waals surface area (Å²) in [5, 5.41) is 9.65. The number of hydrogen-bond acceptors (Lipinski definition) is 5. The van der Waals surface area contributed by atoms with E-state index in [9.17, 15) is 0 Å². The van der Waals surface area contributed by atoms with Gasteiger partial charge in [-0.15, -0.1) is 10.2 Å². The summed E-state index contributed by atoms with van der Waals surface area (Å²) in [6, 6.07) is 8.52. The molecule has 0 unspecified atom stereocenters. The van der Waals surface area contributed by atoms with Crippen LogP contribution in [0.4, 0.5) is 5.69 Å². The summed E-state index contributed by atoms with van der Waals surface area (Å²) < 4.78 is 5.06. The molecule has 0 atom stereocenters. The number of ether oxygens (including phenoxy) is 1. The lowest BCUT2D eigenvalue weighted by Gasteiger charge is -2.21. The number of anilines is 1. The molecule has 2 aromatic rings. The minimum atomic E-state index is 0.616. The average molecular weight is 263 g/mol. The lowest BCUT2D eigenvalue weighted by atomic mass is 10.2. The van der Waals surface area contributed by atoms with Gasteiger partial charge in [0.1, 0.15) is 5.01 Å². The van der Waals surface area contributed by atoms with Crippen LogP contribution in [0, 0.1) is 6.92 Å². The van der Waals surface area contributed by atoms with Crippen molar-refractivity contribution < 1.29 is 4.74 Å². The van der Waals surface area contributed by atoms with E-state index in [1.165, 1.54) is 22.6 Å². The third-order valence-corrected chi connectivity index (χ3v) is 3.60. The average Bonchev–Trinajstić information content (AvgIpc) is 2.85. The zero-order valence-electron chi connectivity index (χ0n) is 10.9. The van der Waals surface area contributed by atoms with Gasteiger partial charge in [-0.1, -0.05) is 29.0 Å². The van der Waals surface area contributed by atoms with Crippen LogP contribution in [0.25, 0.3) is 0 Å². The number of methoxy groups -OCH3 is 1. The lowest BCUT2D eigenvalue weighted by Crippen LogP contribution is -2.21. The molecule has 4 nitrogen and oxygen atoms in total. The standard InChI is InChI=1S/C13H17N3OS/c1-4-16(11-7-5-10(2)6-8-11)9-12-14-15-13(17-3)18-12/h5-8H,4,9H2,1-3H3. The zero-order chi connectivity index (χ0) is 13.0. The van der Waals surface area contributed by atoms with E-state index in [1.54, 1.807) is 7.11 Å². The molecule has 18 heavy (non-hydrogen) atoms. The maximum Gasteiger partial charge on any atom is 0.293 e. The number of aromatic nitrogens is 2. The maximum atomic E-state index is 5.06. The van der Waals surface area contributed by atoms with Crippen LogP contribution in [0.1, 0.15) is 17.5 Å². The molecule has 0 fully saturated rings. The Morgan fingerprint density at radius 3 is 2.50 bits per heavy atom. The minimum Gasteiger partial charge on any atom is -0.472 e. The molecule has 0 radical (unpaired) electrons. The Kier molecular flexibility index (Phi) is 4.15. The van der Waals surface area contributed by atoms with Gasteiger partial charge in [-0.25, -0.2) is 0 Å². The monoisotopic (exact) mass is 263 g/mol. The lowest BCUT2D eigenvalue weighted by molar-refractivity contribution is 0.407. The quantitative estimate of drug-likeness (QED) is 0.831. The Morgan fingerprint density at radius 2 is 1.94 bits per heavy atom. The molecule has 0 aliphatic heterocycles.